The van der Waals surface area contributed by atoms with Crippen LogP contribution in [0.1, 0.15) is 33.6 Å². The van der Waals surface area contributed by atoms with Crippen molar-refractivity contribution in [3.05, 3.63) is 0 Å². The zero-order chi connectivity index (χ0) is 10.4. The van der Waals surface area contributed by atoms with Crippen LogP contribution in [0.3, 0.4) is 0 Å². The van der Waals surface area contributed by atoms with Gasteiger partial charge in [0.15, 0.2) is 0 Å². The Balaban J connectivity index is 2.11. The van der Waals surface area contributed by atoms with Crippen LogP contribution in [0.4, 0.5) is 0 Å². The van der Waals surface area contributed by atoms with Crippen molar-refractivity contribution < 1.29 is 4.84 Å². The van der Waals surface area contributed by atoms with Gasteiger partial charge in [-0.25, -0.2) is 0 Å². The van der Waals surface area contributed by atoms with Crippen molar-refractivity contribution in [2.75, 3.05) is 26.2 Å². The standard InChI is InChI=1S/C11H24N2O/c1-4-14-12-11-5-7-13(8-6-11)9-10(2)3/h10-12H,4-9H2,1-3H3. The Kier molecular flexibility index (Phi) is 5.45. The quantitative estimate of drug-likeness (QED) is 0.683. The normalized spacial score (nSPS) is 20.6. The minimum atomic E-state index is 0.568. The van der Waals surface area contributed by atoms with E-state index in [9.17, 15) is 0 Å². The molecule has 0 aromatic carbocycles. The molecule has 1 heterocycles. The summed E-state index contributed by atoms with van der Waals surface area (Å²) in [7, 11) is 0. The molecule has 1 aliphatic rings. The van der Waals surface area contributed by atoms with E-state index in [4.69, 9.17) is 4.84 Å². The smallest absolute Gasteiger partial charge is 0.0654 e. The number of hydrogen-bond acceptors (Lipinski definition) is 3. The van der Waals surface area contributed by atoms with Crippen molar-refractivity contribution >= 4 is 0 Å². The first kappa shape index (κ1) is 12.0. The Morgan fingerprint density at radius 1 is 1.36 bits per heavy atom. The summed E-state index contributed by atoms with van der Waals surface area (Å²) in [6.07, 6.45) is 2.43. The summed E-state index contributed by atoms with van der Waals surface area (Å²) in [5, 5.41) is 0. The summed E-state index contributed by atoms with van der Waals surface area (Å²) in [5.41, 5.74) is 3.12. The molecule has 14 heavy (non-hydrogen) atoms. The molecule has 3 heteroatoms. The third-order valence-electron chi connectivity index (χ3n) is 2.61. The van der Waals surface area contributed by atoms with Gasteiger partial charge in [0.25, 0.3) is 0 Å². The highest BCUT2D eigenvalue weighted by atomic mass is 16.6. The van der Waals surface area contributed by atoms with Crippen LogP contribution in [0.2, 0.25) is 0 Å². The number of hydrogen-bond donors (Lipinski definition) is 1. The highest BCUT2D eigenvalue weighted by molar-refractivity contribution is 4.75. The number of piperidine rings is 1. The van der Waals surface area contributed by atoms with Gasteiger partial charge in [0.05, 0.1) is 6.61 Å². The Morgan fingerprint density at radius 3 is 2.50 bits per heavy atom. The predicted molar refractivity (Wildman–Crippen MR) is 59.1 cm³/mol. The molecule has 0 bridgehead atoms. The summed E-state index contributed by atoms with van der Waals surface area (Å²) < 4.78 is 0. The monoisotopic (exact) mass is 200 g/mol. The SMILES string of the molecule is CCONC1CCN(CC(C)C)CC1. The molecule has 1 saturated heterocycles. The molecular formula is C11H24N2O. The van der Waals surface area contributed by atoms with E-state index >= 15 is 0 Å². The van der Waals surface area contributed by atoms with Gasteiger partial charge in [0.2, 0.25) is 0 Å². The number of nitrogens with zero attached hydrogens (tertiary/aromatic N) is 1. The average molecular weight is 200 g/mol. The summed E-state index contributed by atoms with van der Waals surface area (Å²) >= 11 is 0. The molecule has 0 atom stereocenters. The molecule has 1 rings (SSSR count). The molecule has 1 fully saturated rings. The zero-order valence-electron chi connectivity index (χ0n) is 9.75. The number of likely N-dealkylation sites (tertiary alicyclic amines) is 1. The number of rotatable bonds is 5. The Bertz CT molecular complexity index is 142. The van der Waals surface area contributed by atoms with Gasteiger partial charge >= 0.3 is 0 Å². The van der Waals surface area contributed by atoms with Crippen molar-refractivity contribution in [1.82, 2.24) is 10.4 Å². The van der Waals surface area contributed by atoms with Crippen LogP contribution < -0.4 is 5.48 Å². The van der Waals surface area contributed by atoms with Crippen LogP contribution in [0.5, 0.6) is 0 Å². The lowest BCUT2D eigenvalue weighted by Crippen LogP contribution is -2.43. The molecule has 0 aromatic heterocycles. The first-order valence-electron chi connectivity index (χ1n) is 5.82. The molecule has 0 saturated carbocycles. The third kappa shape index (κ3) is 4.40. The van der Waals surface area contributed by atoms with E-state index < -0.39 is 0 Å². The van der Waals surface area contributed by atoms with Crippen molar-refractivity contribution in [3.8, 4) is 0 Å². The van der Waals surface area contributed by atoms with Gasteiger partial charge in [0.1, 0.15) is 0 Å². The number of nitrogens with one attached hydrogen (secondary N) is 1. The van der Waals surface area contributed by atoms with E-state index in [0.29, 0.717) is 6.04 Å². The second-order valence-corrected chi connectivity index (χ2v) is 4.52. The summed E-state index contributed by atoms with van der Waals surface area (Å²) in [6, 6.07) is 0.568. The molecular weight excluding hydrogens is 176 g/mol. The fourth-order valence-corrected chi connectivity index (χ4v) is 1.95. The lowest BCUT2D eigenvalue weighted by atomic mass is 10.0. The van der Waals surface area contributed by atoms with Gasteiger partial charge in [-0.05, 0) is 38.8 Å². The van der Waals surface area contributed by atoms with Crippen LogP contribution in [0, 0.1) is 5.92 Å². The average Bonchev–Trinajstić information content (AvgIpc) is 2.16. The van der Waals surface area contributed by atoms with Crippen molar-refractivity contribution in [1.29, 1.82) is 0 Å². The summed E-state index contributed by atoms with van der Waals surface area (Å²) in [5.74, 6) is 0.784. The van der Waals surface area contributed by atoms with Crippen LogP contribution in [-0.2, 0) is 4.84 Å². The minimum absolute atomic E-state index is 0.568. The van der Waals surface area contributed by atoms with E-state index in [0.717, 1.165) is 12.5 Å². The van der Waals surface area contributed by atoms with E-state index in [-0.39, 0.29) is 0 Å². The van der Waals surface area contributed by atoms with E-state index in [1.165, 1.54) is 32.5 Å². The van der Waals surface area contributed by atoms with Gasteiger partial charge in [0, 0.05) is 12.6 Å². The highest BCUT2D eigenvalue weighted by Crippen LogP contribution is 2.11. The van der Waals surface area contributed by atoms with Gasteiger partial charge in [-0.15, -0.1) is 0 Å². The van der Waals surface area contributed by atoms with E-state index in [2.05, 4.69) is 24.2 Å². The zero-order valence-corrected chi connectivity index (χ0v) is 9.75. The molecule has 84 valence electrons. The van der Waals surface area contributed by atoms with Crippen molar-refractivity contribution in [2.24, 2.45) is 5.92 Å². The second-order valence-electron chi connectivity index (χ2n) is 4.52. The lowest BCUT2D eigenvalue weighted by Gasteiger charge is -2.32. The van der Waals surface area contributed by atoms with Gasteiger partial charge in [-0.2, -0.15) is 5.48 Å². The lowest BCUT2D eigenvalue weighted by molar-refractivity contribution is 0.00560. The molecule has 1 aliphatic heterocycles. The molecule has 0 spiro atoms. The molecule has 1 N–H and O–H groups in total. The van der Waals surface area contributed by atoms with Crippen LogP contribution in [0.15, 0.2) is 0 Å². The first-order chi connectivity index (χ1) is 6.72. The molecule has 0 unspecified atom stereocenters. The maximum Gasteiger partial charge on any atom is 0.0654 e. The molecule has 3 nitrogen and oxygen atoms in total. The third-order valence-corrected chi connectivity index (χ3v) is 2.61. The van der Waals surface area contributed by atoms with Crippen molar-refractivity contribution in [2.45, 2.75) is 39.7 Å². The molecule has 0 aromatic rings. The van der Waals surface area contributed by atoms with Crippen LogP contribution >= 0.6 is 0 Å². The minimum Gasteiger partial charge on any atom is -0.303 e. The first-order valence-corrected chi connectivity index (χ1v) is 5.82. The maximum atomic E-state index is 5.22. The van der Waals surface area contributed by atoms with Gasteiger partial charge in [-0.3, -0.25) is 0 Å². The highest BCUT2D eigenvalue weighted by Gasteiger charge is 2.19. The number of hydroxylamine groups is 1. The maximum absolute atomic E-state index is 5.22. The van der Waals surface area contributed by atoms with Gasteiger partial charge in [-0.1, -0.05) is 13.8 Å². The predicted octanol–water partition coefficient (Wildman–Crippen LogP) is 1.65. The Morgan fingerprint density at radius 2 is 2.00 bits per heavy atom. The fourth-order valence-electron chi connectivity index (χ4n) is 1.95. The summed E-state index contributed by atoms with van der Waals surface area (Å²) in [4.78, 5) is 7.77. The fraction of sp³-hybridized carbons (Fsp3) is 1.00. The molecule has 0 aliphatic carbocycles. The second kappa shape index (κ2) is 6.38. The summed E-state index contributed by atoms with van der Waals surface area (Å²) in [6.45, 7) is 11.0. The van der Waals surface area contributed by atoms with E-state index in [1.807, 2.05) is 6.92 Å². The topological polar surface area (TPSA) is 24.5 Å². The Labute approximate surface area is 87.8 Å². The van der Waals surface area contributed by atoms with Crippen LogP contribution in [-0.4, -0.2) is 37.2 Å². The molecule has 0 amide bonds. The van der Waals surface area contributed by atoms with E-state index in [1.54, 1.807) is 0 Å². The van der Waals surface area contributed by atoms with Crippen LogP contribution in [0.25, 0.3) is 0 Å². The van der Waals surface area contributed by atoms with Gasteiger partial charge < -0.3 is 9.74 Å². The van der Waals surface area contributed by atoms with Crippen molar-refractivity contribution in [3.63, 3.8) is 0 Å². The largest absolute Gasteiger partial charge is 0.303 e. The molecule has 0 radical (unpaired) electrons. The Hall–Kier alpha value is -0.120.